The molecule has 0 aromatic heterocycles. The number of carbonyl (C=O) groups excluding carboxylic acids is 2. The summed E-state index contributed by atoms with van der Waals surface area (Å²) in [7, 11) is -0.702. The van der Waals surface area contributed by atoms with E-state index < -0.39 is 16.1 Å². The second-order valence-electron chi connectivity index (χ2n) is 7.82. The van der Waals surface area contributed by atoms with Gasteiger partial charge < -0.3 is 15.5 Å². The third-order valence-electron chi connectivity index (χ3n) is 5.29. The minimum absolute atomic E-state index is 0.0766. The van der Waals surface area contributed by atoms with Crippen LogP contribution in [0.3, 0.4) is 0 Å². The zero-order valence-electron chi connectivity index (χ0n) is 18.4. The first kappa shape index (κ1) is 22.8. The van der Waals surface area contributed by atoms with Crippen molar-refractivity contribution in [2.45, 2.75) is 38.1 Å². The highest BCUT2D eigenvalue weighted by Crippen LogP contribution is 2.34. The number of hydrogen-bond donors (Lipinski definition) is 2. The molecule has 0 fully saturated rings. The van der Waals surface area contributed by atoms with E-state index in [1.165, 1.54) is 26.2 Å². The summed E-state index contributed by atoms with van der Waals surface area (Å²) in [6.07, 6.45) is -0.0766. The first-order valence-corrected chi connectivity index (χ1v) is 11.5. The van der Waals surface area contributed by atoms with Crippen LogP contribution < -0.4 is 15.5 Å². The smallest absolute Gasteiger partial charge is 0.250 e. The molecule has 2 N–H and O–H groups in total. The number of benzene rings is 2. The zero-order chi connectivity index (χ0) is 22.9. The molecule has 8 nitrogen and oxygen atoms in total. The molecule has 166 valence electrons. The van der Waals surface area contributed by atoms with Crippen LogP contribution in [0.25, 0.3) is 0 Å². The lowest BCUT2D eigenvalue weighted by Crippen LogP contribution is -2.48. The minimum atomic E-state index is -3.63. The topological polar surface area (TPSA) is 98.8 Å². The SMILES string of the molecule is CCN1C(=O)[C@@H](CC(=O)Nc2ccc(C)cc2C)Nc2cc(S(=O)(=O)N(C)C)ccc21. The molecule has 2 aromatic rings. The highest BCUT2D eigenvalue weighted by atomic mass is 32.2. The number of nitrogens with one attached hydrogen (secondary N) is 2. The van der Waals surface area contributed by atoms with E-state index in [1.807, 2.05) is 39.0 Å². The summed E-state index contributed by atoms with van der Waals surface area (Å²) in [5, 5.41) is 5.93. The molecule has 3 rings (SSSR count). The van der Waals surface area contributed by atoms with Crippen LogP contribution in [0.1, 0.15) is 24.5 Å². The minimum Gasteiger partial charge on any atom is -0.372 e. The van der Waals surface area contributed by atoms with Gasteiger partial charge in [0.15, 0.2) is 0 Å². The molecule has 1 atom stereocenters. The number of likely N-dealkylation sites (N-methyl/N-ethyl adjacent to an activating group) is 1. The Kier molecular flexibility index (Phi) is 6.38. The van der Waals surface area contributed by atoms with E-state index >= 15 is 0 Å². The van der Waals surface area contributed by atoms with Crippen LogP contribution in [0.4, 0.5) is 17.1 Å². The number of hydrogen-bond acceptors (Lipinski definition) is 5. The Morgan fingerprint density at radius 1 is 1.16 bits per heavy atom. The van der Waals surface area contributed by atoms with Crippen molar-refractivity contribution in [2.75, 3.05) is 36.2 Å². The number of amides is 2. The van der Waals surface area contributed by atoms with Gasteiger partial charge in [0.05, 0.1) is 22.7 Å². The van der Waals surface area contributed by atoms with Crippen molar-refractivity contribution in [1.82, 2.24) is 4.31 Å². The highest BCUT2D eigenvalue weighted by Gasteiger charge is 2.34. The summed E-state index contributed by atoms with van der Waals surface area (Å²) in [5.41, 5.74) is 3.84. The lowest BCUT2D eigenvalue weighted by atomic mass is 10.1. The number of sulfonamides is 1. The fourth-order valence-electron chi connectivity index (χ4n) is 3.60. The summed E-state index contributed by atoms with van der Waals surface area (Å²) in [6.45, 7) is 6.13. The Morgan fingerprint density at radius 2 is 1.87 bits per heavy atom. The molecule has 0 saturated carbocycles. The van der Waals surface area contributed by atoms with Gasteiger partial charge in [-0.1, -0.05) is 17.7 Å². The second kappa shape index (κ2) is 8.68. The van der Waals surface area contributed by atoms with Crippen molar-refractivity contribution in [3.63, 3.8) is 0 Å². The van der Waals surface area contributed by atoms with Crippen LogP contribution in [0.15, 0.2) is 41.3 Å². The van der Waals surface area contributed by atoms with Gasteiger partial charge in [-0.15, -0.1) is 0 Å². The quantitative estimate of drug-likeness (QED) is 0.714. The standard InChI is InChI=1S/C22H28N4O4S/c1-6-26-20-10-8-16(31(29,30)25(4)5)12-18(20)23-19(22(26)28)13-21(27)24-17-9-7-14(2)11-15(17)3/h7-12,19,23H,6,13H2,1-5H3,(H,24,27)/t19-/m1/s1. The summed E-state index contributed by atoms with van der Waals surface area (Å²) in [4.78, 5) is 27.3. The Labute approximate surface area is 183 Å². The predicted octanol–water partition coefficient (Wildman–Crippen LogP) is 2.73. The lowest BCUT2D eigenvalue weighted by molar-refractivity contribution is -0.123. The van der Waals surface area contributed by atoms with E-state index in [9.17, 15) is 18.0 Å². The molecule has 2 amide bonds. The van der Waals surface area contributed by atoms with Crippen LogP contribution in [-0.2, 0) is 19.6 Å². The lowest BCUT2D eigenvalue weighted by Gasteiger charge is -2.35. The van der Waals surface area contributed by atoms with Crippen molar-refractivity contribution >= 4 is 38.9 Å². The van der Waals surface area contributed by atoms with Gasteiger partial charge in [0.25, 0.3) is 0 Å². The molecule has 31 heavy (non-hydrogen) atoms. The monoisotopic (exact) mass is 444 g/mol. The average molecular weight is 445 g/mol. The fraction of sp³-hybridized carbons (Fsp3) is 0.364. The van der Waals surface area contributed by atoms with E-state index in [4.69, 9.17) is 0 Å². The van der Waals surface area contributed by atoms with Gasteiger partial charge in [-0.2, -0.15) is 0 Å². The summed E-state index contributed by atoms with van der Waals surface area (Å²) in [6, 6.07) is 9.54. The van der Waals surface area contributed by atoms with Gasteiger partial charge in [-0.05, 0) is 50.6 Å². The zero-order valence-corrected chi connectivity index (χ0v) is 19.2. The van der Waals surface area contributed by atoms with Gasteiger partial charge in [-0.25, -0.2) is 12.7 Å². The van der Waals surface area contributed by atoms with Crippen LogP contribution >= 0.6 is 0 Å². The molecule has 1 heterocycles. The number of carbonyl (C=O) groups is 2. The van der Waals surface area contributed by atoms with Gasteiger partial charge in [-0.3, -0.25) is 9.59 Å². The van der Waals surface area contributed by atoms with E-state index in [2.05, 4.69) is 10.6 Å². The van der Waals surface area contributed by atoms with Crippen LogP contribution in [0.5, 0.6) is 0 Å². The van der Waals surface area contributed by atoms with Gasteiger partial charge in [0, 0.05) is 26.3 Å². The Morgan fingerprint density at radius 3 is 2.48 bits per heavy atom. The molecule has 1 aliphatic rings. The molecule has 2 aromatic carbocycles. The summed E-state index contributed by atoms with van der Waals surface area (Å²) < 4.78 is 26.1. The van der Waals surface area contributed by atoms with Gasteiger partial charge in [0.1, 0.15) is 6.04 Å². The number of aryl methyl sites for hydroxylation is 2. The van der Waals surface area contributed by atoms with Crippen molar-refractivity contribution < 1.29 is 18.0 Å². The maximum atomic E-state index is 13.0. The maximum Gasteiger partial charge on any atom is 0.250 e. The van der Waals surface area contributed by atoms with Crippen LogP contribution in [-0.4, -0.2) is 51.2 Å². The number of fused-ring (bicyclic) bond motifs is 1. The fourth-order valence-corrected chi connectivity index (χ4v) is 4.53. The molecule has 0 radical (unpaired) electrons. The van der Waals surface area contributed by atoms with E-state index in [1.54, 1.807) is 11.0 Å². The van der Waals surface area contributed by atoms with Crippen molar-refractivity contribution in [1.29, 1.82) is 0 Å². The van der Waals surface area contributed by atoms with Gasteiger partial charge >= 0.3 is 0 Å². The maximum absolute atomic E-state index is 13.0. The number of rotatable bonds is 6. The molecule has 0 aliphatic carbocycles. The Bertz CT molecular complexity index is 1130. The van der Waals surface area contributed by atoms with Gasteiger partial charge in [0.2, 0.25) is 21.8 Å². The second-order valence-corrected chi connectivity index (χ2v) is 9.97. The van der Waals surface area contributed by atoms with E-state index in [0.717, 1.165) is 15.4 Å². The number of nitrogens with zero attached hydrogens (tertiary/aromatic N) is 2. The third kappa shape index (κ3) is 4.57. The van der Waals surface area contributed by atoms with Crippen LogP contribution in [0, 0.1) is 13.8 Å². The van der Waals surface area contributed by atoms with Crippen LogP contribution in [0.2, 0.25) is 0 Å². The molecular weight excluding hydrogens is 416 g/mol. The van der Waals surface area contributed by atoms with Crippen molar-refractivity contribution in [3.8, 4) is 0 Å². The molecular formula is C22H28N4O4S. The number of anilines is 3. The summed E-state index contributed by atoms with van der Waals surface area (Å²) in [5.74, 6) is -0.525. The molecule has 9 heteroatoms. The molecule has 1 aliphatic heterocycles. The molecule has 0 bridgehead atoms. The molecule has 0 unspecified atom stereocenters. The largest absolute Gasteiger partial charge is 0.372 e. The first-order valence-electron chi connectivity index (χ1n) is 10.1. The van der Waals surface area contributed by atoms with Crippen molar-refractivity contribution in [2.24, 2.45) is 0 Å². The third-order valence-corrected chi connectivity index (χ3v) is 7.10. The predicted molar refractivity (Wildman–Crippen MR) is 122 cm³/mol. The normalized spacial score (nSPS) is 16.1. The van der Waals surface area contributed by atoms with E-state index in [-0.39, 0.29) is 23.1 Å². The van der Waals surface area contributed by atoms with E-state index in [0.29, 0.717) is 23.6 Å². The Hall–Kier alpha value is -2.91. The Balaban J connectivity index is 1.85. The summed E-state index contributed by atoms with van der Waals surface area (Å²) >= 11 is 0. The van der Waals surface area contributed by atoms with Crippen molar-refractivity contribution in [3.05, 3.63) is 47.5 Å². The average Bonchev–Trinajstić information content (AvgIpc) is 2.70. The molecule has 0 saturated heterocycles. The highest BCUT2D eigenvalue weighted by molar-refractivity contribution is 7.89. The molecule has 0 spiro atoms. The first-order chi connectivity index (χ1) is 14.5.